The van der Waals surface area contributed by atoms with Gasteiger partial charge in [-0.15, -0.1) is 0 Å². The first kappa shape index (κ1) is 8.06. The van der Waals surface area contributed by atoms with E-state index in [9.17, 15) is 0 Å². The third kappa shape index (κ3) is 2.19. The predicted molar refractivity (Wildman–Crippen MR) is 47.2 cm³/mol. The highest BCUT2D eigenvalue weighted by Gasteiger charge is 2.22. The maximum Gasteiger partial charge on any atom is 0.214 e. The molecule has 0 aliphatic heterocycles. The van der Waals surface area contributed by atoms with Gasteiger partial charge in [0.15, 0.2) is 0 Å². The highest BCUT2D eigenvalue weighted by Crippen LogP contribution is 2.29. The van der Waals surface area contributed by atoms with Crippen molar-refractivity contribution < 1.29 is 4.74 Å². The summed E-state index contributed by atoms with van der Waals surface area (Å²) >= 11 is 0. The molecule has 2 rings (SSSR count). The van der Waals surface area contributed by atoms with Crippen molar-refractivity contribution >= 4 is 0 Å². The van der Waals surface area contributed by atoms with Crippen LogP contribution >= 0.6 is 0 Å². The van der Waals surface area contributed by atoms with Crippen molar-refractivity contribution in [1.82, 2.24) is 4.98 Å². The van der Waals surface area contributed by atoms with Gasteiger partial charge in [-0.05, 0) is 24.8 Å². The van der Waals surface area contributed by atoms with Crippen molar-refractivity contribution in [3.63, 3.8) is 0 Å². The molecule has 0 aromatic carbocycles. The summed E-state index contributed by atoms with van der Waals surface area (Å²) in [5.74, 6) is 1.28. The molecule has 3 heteroatoms. The fourth-order valence-corrected chi connectivity index (χ4v) is 1.05. The molecule has 1 saturated carbocycles. The van der Waals surface area contributed by atoms with Crippen molar-refractivity contribution in [2.45, 2.75) is 12.8 Å². The van der Waals surface area contributed by atoms with Gasteiger partial charge in [0, 0.05) is 6.07 Å². The van der Waals surface area contributed by atoms with Gasteiger partial charge in [-0.1, -0.05) is 6.07 Å². The summed E-state index contributed by atoms with van der Waals surface area (Å²) in [5, 5.41) is 8.58. The van der Waals surface area contributed by atoms with Crippen LogP contribution in [-0.4, -0.2) is 11.6 Å². The Bertz CT molecular complexity index is 339. The smallest absolute Gasteiger partial charge is 0.214 e. The van der Waals surface area contributed by atoms with Crippen molar-refractivity contribution in [3.05, 3.63) is 23.9 Å². The lowest BCUT2D eigenvalue weighted by Crippen LogP contribution is -2.00. The lowest BCUT2D eigenvalue weighted by molar-refractivity contribution is 0.288. The second-order valence-corrected chi connectivity index (χ2v) is 3.23. The van der Waals surface area contributed by atoms with E-state index in [1.807, 2.05) is 6.07 Å². The van der Waals surface area contributed by atoms with Gasteiger partial charge in [0.05, 0.1) is 6.61 Å². The van der Waals surface area contributed by atoms with Crippen LogP contribution in [0.1, 0.15) is 18.5 Å². The number of hydrogen-bond donors (Lipinski definition) is 0. The zero-order chi connectivity index (χ0) is 9.10. The summed E-state index contributed by atoms with van der Waals surface area (Å²) in [4.78, 5) is 4.01. The summed E-state index contributed by atoms with van der Waals surface area (Å²) in [6.07, 6.45) is 2.52. The van der Waals surface area contributed by atoms with Gasteiger partial charge < -0.3 is 4.74 Å². The van der Waals surface area contributed by atoms with Crippen LogP contribution in [0.2, 0.25) is 0 Å². The van der Waals surface area contributed by atoms with Crippen LogP contribution in [0.15, 0.2) is 18.2 Å². The van der Waals surface area contributed by atoms with Crippen molar-refractivity contribution in [2.75, 3.05) is 6.61 Å². The van der Waals surface area contributed by atoms with Gasteiger partial charge in [0.2, 0.25) is 5.88 Å². The van der Waals surface area contributed by atoms with Crippen molar-refractivity contribution in [1.29, 1.82) is 5.26 Å². The first-order valence-corrected chi connectivity index (χ1v) is 4.38. The summed E-state index contributed by atoms with van der Waals surface area (Å²) in [6, 6.07) is 7.22. The summed E-state index contributed by atoms with van der Waals surface area (Å²) in [6.45, 7) is 0.738. The molecule has 1 fully saturated rings. The van der Waals surface area contributed by atoms with E-state index in [1.165, 1.54) is 12.8 Å². The molecule has 0 N–H and O–H groups in total. The molecule has 0 amide bonds. The number of nitrogens with zero attached hydrogens (tertiary/aromatic N) is 2. The van der Waals surface area contributed by atoms with Crippen LogP contribution in [0.5, 0.6) is 5.88 Å². The van der Waals surface area contributed by atoms with Crippen LogP contribution in [0.4, 0.5) is 0 Å². The summed E-state index contributed by atoms with van der Waals surface area (Å²) < 4.78 is 5.41. The van der Waals surface area contributed by atoms with E-state index in [1.54, 1.807) is 18.2 Å². The lowest BCUT2D eigenvalue weighted by Gasteiger charge is -2.02. The standard InChI is InChI=1S/C10H10N2O/c11-6-9-2-1-3-10(12-9)13-7-8-4-5-8/h1-3,8H,4-5,7H2. The van der Waals surface area contributed by atoms with Gasteiger partial charge in [0.1, 0.15) is 11.8 Å². The average Bonchev–Trinajstić information content (AvgIpc) is 2.99. The first-order valence-electron chi connectivity index (χ1n) is 4.38. The molecule has 0 saturated heterocycles. The van der Waals surface area contributed by atoms with Crippen LogP contribution in [0, 0.1) is 17.2 Å². The number of rotatable bonds is 3. The highest BCUT2D eigenvalue weighted by atomic mass is 16.5. The van der Waals surface area contributed by atoms with E-state index in [0.29, 0.717) is 17.5 Å². The number of pyridine rings is 1. The van der Waals surface area contributed by atoms with Crippen molar-refractivity contribution in [2.24, 2.45) is 5.92 Å². The van der Waals surface area contributed by atoms with E-state index in [4.69, 9.17) is 10.00 Å². The fourth-order valence-electron chi connectivity index (χ4n) is 1.05. The van der Waals surface area contributed by atoms with Crippen LogP contribution in [0.25, 0.3) is 0 Å². The SMILES string of the molecule is N#Cc1cccc(OCC2CC2)n1. The average molecular weight is 174 g/mol. The Hall–Kier alpha value is -1.56. The van der Waals surface area contributed by atoms with Crippen LogP contribution in [0.3, 0.4) is 0 Å². The maximum absolute atomic E-state index is 8.58. The van der Waals surface area contributed by atoms with E-state index in [2.05, 4.69) is 4.98 Å². The molecule has 1 aliphatic rings. The Morgan fingerprint density at radius 3 is 3.08 bits per heavy atom. The van der Waals surface area contributed by atoms with Gasteiger partial charge in [-0.25, -0.2) is 4.98 Å². The zero-order valence-corrected chi connectivity index (χ0v) is 7.23. The highest BCUT2D eigenvalue weighted by molar-refractivity contribution is 5.24. The molecule has 3 nitrogen and oxygen atoms in total. The first-order chi connectivity index (χ1) is 6.38. The third-order valence-electron chi connectivity index (χ3n) is 2.00. The molecule has 1 aromatic rings. The molecule has 1 heterocycles. The predicted octanol–water partition coefficient (Wildman–Crippen LogP) is 1.74. The molecule has 0 bridgehead atoms. The Balaban J connectivity index is 1.98. The Morgan fingerprint density at radius 1 is 1.54 bits per heavy atom. The molecule has 0 radical (unpaired) electrons. The maximum atomic E-state index is 8.58. The third-order valence-corrected chi connectivity index (χ3v) is 2.00. The van der Waals surface area contributed by atoms with Gasteiger partial charge >= 0.3 is 0 Å². The van der Waals surface area contributed by atoms with E-state index in [-0.39, 0.29) is 0 Å². The monoisotopic (exact) mass is 174 g/mol. The molecular formula is C10H10N2O. The molecule has 0 unspecified atom stereocenters. The largest absolute Gasteiger partial charge is 0.477 e. The molecule has 66 valence electrons. The Labute approximate surface area is 77.0 Å². The van der Waals surface area contributed by atoms with Gasteiger partial charge in [0.25, 0.3) is 0 Å². The topological polar surface area (TPSA) is 45.9 Å². The molecular weight excluding hydrogens is 164 g/mol. The lowest BCUT2D eigenvalue weighted by atomic mass is 10.4. The molecule has 1 aliphatic carbocycles. The molecule has 0 atom stereocenters. The second kappa shape index (κ2) is 3.44. The zero-order valence-electron chi connectivity index (χ0n) is 7.23. The van der Waals surface area contributed by atoms with E-state index < -0.39 is 0 Å². The minimum atomic E-state index is 0.410. The van der Waals surface area contributed by atoms with Crippen LogP contribution in [-0.2, 0) is 0 Å². The van der Waals surface area contributed by atoms with Crippen LogP contribution < -0.4 is 4.74 Å². The Morgan fingerprint density at radius 2 is 2.38 bits per heavy atom. The van der Waals surface area contributed by atoms with E-state index >= 15 is 0 Å². The quantitative estimate of drug-likeness (QED) is 0.701. The fraction of sp³-hybridized carbons (Fsp3) is 0.400. The minimum absolute atomic E-state index is 0.410. The van der Waals surface area contributed by atoms with Gasteiger partial charge in [-0.3, -0.25) is 0 Å². The molecule has 0 spiro atoms. The Kier molecular flexibility index (Phi) is 2.13. The summed E-state index contributed by atoms with van der Waals surface area (Å²) in [7, 11) is 0. The normalized spacial score (nSPS) is 15.0. The molecule has 13 heavy (non-hydrogen) atoms. The number of hydrogen-bond acceptors (Lipinski definition) is 3. The van der Waals surface area contributed by atoms with E-state index in [0.717, 1.165) is 6.61 Å². The second-order valence-electron chi connectivity index (χ2n) is 3.23. The number of nitriles is 1. The molecule has 1 aromatic heterocycles. The summed E-state index contributed by atoms with van der Waals surface area (Å²) in [5.41, 5.74) is 0.410. The number of ether oxygens (including phenoxy) is 1. The van der Waals surface area contributed by atoms with Gasteiger partial charge in [-0.2, -0.15) is 5.26 Å². The minimum Gasteiger partial charge on any atom is -0.477 e. The number of aromatic nitrogens is 1. The van der Waals surface area contributed by atoms with Crippen molar-refractivity contribution in [3.8, 4) is 11.9 Å².